The van der Waals surface area contributed by atoms with Crippen molar-refractivity contribution in [3.63, 3.8) is 0 Å². The average Bonchev–Trinajstić information content (AvgIpc) is 2.62. The molecule has 0 fully saturated rings. The molecule has 138 valence electrons. The van der Waals surface area contributed by atoms with Crippen molar-refractivity contribution in [2.75, 3.05) is 20.8 Å². The molecule has 0 N–H and O–H groups in total. The van der Waals surface area contributed by atoms with E-state index < -0.39 is 0 Å². The maximum atomic E-state index is 14.3. The Labute approximate surface area is 159 Å². The summed E-state index contributed by atoms with van der Waals surface area (Å²) in [5.74, 6) is 1.45. The van der Waals surface area contributed by atoms with Crippen LogP contribution in [0, 0.1) is 11.7 Å². The Kier molecular flexibility index (Phi) is 5.52. The van der Waals surface area contributed by atoms with Gasteiger partial charge in [0, 0.05) is 17.9 Å². The fraction of sp³-hybridized carbons (Fsp3) is 0.381. The van der Waals surface area contributed by atoms with Gasteiger partial charge in [-0.2, -0.15) is 0 Å². The molecule has 1 aliphatic rings. The molecule has 3 rings (SSSR count). The summed E-state index contributed by atoms with van der Waals surface area (Å²) in [5.41, 5.74) is 4.07. The van der Waals surface area contributed by atoms with E-state index in [2.05, 4.69) is 18.4 Å². The Bertz CT molecular complexity index is 841. The minimum atomic E-state index is -0.265. The number of rotatable bonds is 5. The summed E-state index contributed by atoms with van der Waals surface area (Å²) in [5, 5.41) is 0.464. The van der Waals surface area contributed by atoms with Gasteiger partial charge in [-0.1, -0.05) is 31.5 Å². The molecule has 0 radical (unpaired) electrons. The van der Waals surface area contributed by atoms with Crippen LogP contribution in [-0.4, -0.2) is 31.1 Å². The molecule has 0 aliphatic carbocycles. The van der Waals surface area contributed by atoms with Crippen LogP contribution in [0.15, 0.2) is 30.3 Å². The largest absolute Gasteiger partial charge is 0.493 e. The lowest BCUT2D eigenvalue weighted by atomic mass is 9.90. The zero-order valence-corrected chi connectivity index (χ0v) is 16.4. The van der Waals surface area contributed by atoms with Crippen molar-refractivity contribution < 1.29 is 18.4 Å². The standard InChI is InChI=1S/C21H24ClFNO2/c1-13(2)21-15-11-20(26-4)19(25-3)10-14(15)8-9-24(21)12-16-17(22)6-5-7-18(16)23/h5-7,10-11,13H,8-9,12H2,1-4H3/q+1. The molecule has 5 heteroatoms. The summed E-state index contributed by atoms with van der Waals surface area (Å²) in [6, 6.07) is 8.91. The normalized spacial score (nSPS) is 13.8. The van der Waals surface area contributed by atoms with Crippen LogP contribution in [0.25, 0.3) is 0 Å². The van der Waals surface area contributed by atoms with Gasteiger partial charge >= 0.3 is 0 Å². The maximum absolute atomic E-state index is 14.3. The third-order valence-corrected chi connectivity index (χ3v) is 5.19. The van der Waals surface area contributed by atoms with E-state index in [1.165, 1.54) is 17.3 Å². The molecule has 2 aromatic rings. The van der Waals surface area contributed by atoms with E-state index >= 15 is 0 Å². The highest BCUT2D eigenvalue weighted by Gasteiger charge is 2.30. The number of hydrogen-bond donors (Lipinski definition) is 0. The fourth-order valence-electron chi connectivity index (χ4n) is 3.63. The van der Waals surface area contributed by atoms with E-state index in [0.717, 1.165) is 24.3 Å². The second kappa shape index (κ2) is 7.67. The molecule has 3 nitrogen and oxygen atoms in total. The van der Waals surface area contributed by atoms with Crippen LogP contribution in [0.5, 0.6) is 11.5 Å². The Morgan fingerprint density at radius 2 is 1.85 bits per heavy atom. The molecular weight excluding hydrogens is 353 g/mol. The van der Waals surface area contributed by atoms with E-state index in [9.17, 15) is 4.39 Å². The van der Waals surface area contributed by atoms with Crippen molar-refractivity contribution in [2.45, 2.75) is 26.8 Å². The van der Waals surface area contributed by atoms with Crippen molar-refractivity contribution in [3.05, 3.63) is 57.9 Å². The highest BCUT2D eigenvalue weighted by molar-refractivity contribution is 6.31. The fourth-order valence-corrected chi connectivity index (χ4v) is 3.85. The third-order valence-electron chi connectivity index (χ3n) is 4.83. The zero-order valence-electron chi connectivity index (χ0n) is 15.6. The molecule has 0 atom stereocenters. The molecule has 0 saturated carbocycles. The number of ether oxygens (including phenoxy) is 2. The summed E-state index contributed by atoms with van der Waals surface area (Å²) < 4.78 is 27.4. The lowest BCUT2D eigenvalue weighted by Gasteiger charge is -2.23. The first-order valence-corrected chi connectivity index (χ1v) is 9.14. The Morgan fingerprint density at radius 1 is 1.15 bits per heavy atom. The van der Waals surface area contributed by atoms with Crippen LogP contribution >= 0.6 is 11.6 Å². The summed E-state index contributed by atoms with van der Waals surface area (Å²) in [7, 11) is 3.28. The van der Waals surface area contributed by atoms with Crippen molar-refractivity contribution in [2.24, 2.45) is 5.92 Å². The van der Waals surface area contributed by atoms with Gasteiger partial charge in [-0.25, -0.2) is 8.97 Å². The topological polar surface area (TPSA) is 21.5 Å². The first-order chi connectivity index (χ1) is 12.5. The number of hydrogen-bond acceptors (Lipinski definition) is 2. The quantitative estimate of drug-likeness (QED) is 0.705. The van der Waals surface area contributed by atoms with Gasteiger partial charge in [-0.15, -0.1) is 0 Å². The van der Waals surface area contributed by atoms with E-state index in [-0.39, 0.29) is 11.7 Å². The smallest absolute Gasteiger partial charge is 0.186 e. The second-order valence-corrected chi connectivity index (χ2v) is 7.18. The van der Waals surface area contributed by atoms with E-state index in [4.69, 9.17) is 21.1 Å². The molecule has 0 bridgehead atoms. The third kappa shape index (κ3) is 3.43. The Hall–Kier alpha value is -2.07. The van der Waals surface area contributed by atoms with Gasteiger partial charge in [0.2, 0.25) is 0 Å². The predicted molar refractivity (Wildman–Crippen MR) is 102 cm³/mol. The van der Waals surface area contributed by atoms with Gasteiger partial charge in [-0.3, -0.25) is 0 Å². The van der Waals surface area contributed by atoms with E-state index in [1.54, 1.807) is 26.4 Å². The molecule has 0 aromatic heterocycles. The number of benzene rings is 2. The van der Waals surface area contributed by atoms with Crippen LogP contribution in [-0.2, 0) is 13.0 Å². The molecule has 0 spiro atoms. The molecule has 0 amide bonds. The molecule has 0 unspecified atom stereocenters. The summed E-state index contributed by atoms with van der Waals surface area (Å²) in [4.78, 5) is 0. The molecule has 1 heterocycles. The van der Waals surface area contributed by atoms with E-state index in [0.29, 0.717) is 22.9 Å². The SMILES string of the molecule is COc1cc2c(cc1OC)C(C(C)C)=[N+](Cc1c(F)cccc1Cl)CC2. The van der Waals surface area contributed by atoms with Gasteiger partial charge < -0.3 is 9.47 Å². The minimum Gasteiger partial charge on any atom is -0.493 e. The Balaban J connectivity index is 2.12. The number of methoxy groups -OCH3 is 2. The number of fused-ring (bicyclic) bond motifs is 1. The highest BCUT2D eigenvalue weighted by atomic mass is 35.5. The van der Waals surface area contributed by atoms with Gasteiger partial charge in [-0.05, 0) is 29.8 Å². The summed E-state index contributed by atoms with van der Waals surface area (Å²) in [6.45, 7) is 5.56. The van der Waals surface area contributed by atoms with Crippen molar-refractivity contribution >= 4 is 17.3 Å². The predicted octanol–water partition coefficient (Wildman–Crippen LogP) is 4.71. The van der Waals surface area contributed by atoms with Gasteiger partial charge in [0.05, 0.1) is 24.8 Å². The van der Waals surface area contributed by atoms with Gasteiger partial charge in [0.15, 0.2) is 23.8 Å². The monoisotopic (exact) mass is 376 g/mol. The van der Waals surface area contributed by atoms with Crippen molar-refractivity contribution in [1.29, 1.82) is 0 Å². The first kappa shape index (κ1) is 18.7. The van der Waals surface area contributed by atoms with E-state index in [1.807, 2.05) is 12.1 Å². The second-order valence-electron chi connectivity index (χ2n) is 6.78. The van der Waals surface area contributed by atoms with Crippen molar-refractivity contribution in [3.8, 4) is 11.5 Å². The number of nitrogens with zero attached hydrogens (tertiary/aromatic N) is 1. The zero-order chi connectivity index (χ0) is 18.8. The summed E-state index contributed by atoms with van der Waals surface area (Å²) >= 11 is 6.25. The molecule has 26 heavy (non-hydrogen) atoms. The molecule has 1 aliphatic heterocycles. The van der Waals surface area contributed by atoms with Crippen LogP contribution in [0.1, 0.15) is 30.5 Å². The lowest BCUT2D eigenvalue weighted by molar-refractivity contribution is -0.547. The Morgan fingerprint density at radius 3 is 2.46 bits per heavy atom. The van der Waals surface area contributed by atoms with Gasteiger partial charge in [0.25, 0.3) is 0 Å². The van der Waals surface area contributed by atoms with Crippen LogP contribution in [0.3, 0.4) is 0 Å². The lowest BCUT2D eigenvalue weighted by Crippen LogP contribution is -2.33. The average molecular weight is 377 g/mol. The minimum absolute atomic E-state index is 0.265. The van der Waals surface area contributed by atoms with Gasteiger partial charge in [0.1, 0.15) is 12.4 Å². The van der Waals surface area contributed by atoms with Crippen LogP contribution in [0.4, 0.5) is 4.39 Å². The number of halogens is 2. The first-order valence-electron chi connectivity index (χ1n) is 8.76. The molecule has 0 saturated heterocycles. The molecular formula is C21H24ClFNO2+. The molecule has 2 aromatic carbocycles. The maximum Gasteiger partial charge on any atom is 0.186 e. The van der Waals surface area contributed by atoms with Crippen molar-refractivity contribution in [1.82, 2.24) is 0 Å². The highest BCUT2D eigenvalue weighted by Crippen LogP contribution is 2.34. The van der Waals surface area contributed by atoms with Crippen LogP contribution in [0.2, 0.25) is 5.02 Å². The van der Waals surface area contributed by atoms with Crippen LogP contribution < -0.4 is 9.47 Å². The summed E-state index contributed by atoms with van der Waals surface area (Å²) in [6.07, 6.45) is 0.859.